The fourth-order valence-corrected chi connectivity index (χ4v) is 2.85. The number of aliphatic hydroxyl groups excluding tert-OH is 6. The summed E-state index contributed by atoms with van der Waals surface area (Å²) in [5.41, 5.74) is 0. The Hall–Kier alpha value is 0.0187. The van der Waals surface area contributed by atoms with Crippen LogP contribution < -0.4 is 0 Å². The minimum absolute atomic E-state index is 0. The predicted octanol–water partition coefficient (Wildman–Crippen LogP) is -5.68. The van der Waals surface area contributed by atoms with E-state index in [2.05, 4.69) is 18.5 Å². The van der Waals surface area contributed by atoms with Gasteiger partial charge in [-0.1, -0.05) is 0 Å². The van der Waals surface area contributed by atoms with E-state index in [4.69, 9.17) is 40.0 Å². The van der Waals surface area contributed by atoms with Gasteiger partial charge < -0.3 is 54.6 Å². The molecule has 0 unspecified atom stereocenters. The average molecular weight is 603 g/mol. The molecule has 0 aromatic rings. The molecule has 0 spiro atoms. The standard InChI is InChI=1S/2C6H9O9P.3Mg.H2O/c2*7-1-2(8)4-3(9)5(6(10)14-4)15-16(11,12)13;;;;/h2*2,4,7-9H,1H2,(H2,11,12,13);;;;1H2/t2*2-,4+;;;;/m00..../s1. The van der Waals surface area contributed by atoms with Crippen molar-refractivity contribution in [1.82, 2.24) is 0 Å². The monoisotopic (exact) mass is 602 g/mol. The number of phosphoric acid groups is 2. The highest BCUT2D eigenvalue weighted by atomic mass is 31.2. The van der Waals surface area contributed by atoms with Gasteiger partial charge in [0.2, 0.25) is 0 Å². The number of phosphoric ester groups is 2. The minimum atomic E-state index is -5.02. The van der Waals surface area contributed by atoms with E-state index >= 15 is 0 Å². The molecule has 19 nitrogen and oxygen atoms in total. The molecule has 2 aliphatic rings. The summed E-state index contributed by atoms with van der Waals surface area (Å²) in [6, 6.07) is 0. The zero-order chi connectivity index (χ0) is 25.0. The molecule has 2 rings (SSSR count). The molecule has 0 saturated carbocycles. The Kier molecular flexibility index (Phi) is 21.0. The minimum Gasteiger partial charge on any atom is -0.505 e. The van der Waals surface area contributed by atoms with Crippen LogP contribution >= 0.6 is 15.6 Å². The fraction of sp³-hybridized carbons (Fsp3) is 0.500. The summed E-state index contributed by atoms with van der Waals surface area (Å²) in [5, 5.41) is 53.8. The molecule has 0 amide bonds. The summed E-state index contributed by atoms with van der Waals surface area (Å²) < 4.78 is 37.3. The van der Waals surface area contributed by atoms with Crippen molar-refractivity contribution in [3.63, 3.8) is 0 Å². The van der Waals surface area contributed by atoms with E-state index in [9.17, 15) is 28.9 Å². The lowest BCUT2D eigenvalue weighted by Gasteiger charge is -2.13. The van der Waals surface area contributed by atoms with E-state index < -0.39 is 88.3 Å². The van der Waals surface area contributed by atoms with Gasteiger partial charge in [-0.25, -0.2) is 18.7 Å². The number of rotatable bonds is 8. The molecular formula is C12H20Mg3O19P2. The van der Waals surface area contributed by atoms with Crippen LogP contribution in [-0.2, 0) is 37.2 Å². The third-order valence-corrected chi connectivity index (χ3v) is 4.18. The van der Waals surface area contributed by atoms with Gasteiger partial charge >= 0.3 is 27.6 Å². The number of ether oxygens (including phenoxy) is 2. The van der Waals surface area contributed by atoms with E-state index in [1.165, 1.54) is 0 Å². The van der Waals surface area contributed by atoms with Gasteiger partial charge in [0.25, 0.3) is 11.5 Å². The molecular weight excluding hydrogens is 583 g/mol. The Labute approximate surface area is 248 Å². The first-order valence-electron chi connectivity index (χ1n) is 7.88. The molecule has 0 aliphatic carbocycles. The van der Waals surface area contributed by atoms with Crippen molar-refractivity contribution in [2.75, 3.05) is 13.2 Å². The number of carbonyl (C=O) groups is 2. The average Bonchev–Trinajstić information content (AvgIpc) is 3.10. The van der Waals surface area contributed by atoms with Gasteiger partial charge in [-0.05, 0) is 0 Å². The van der Waals surface area contributed by atoms with Crippen molar-refractivity contribution >= 4 is 96.7 Å². The number of esters is 2. The van der Waals surface area contributed by atoms with Gasteiger partial charge in [0, 0.05) is 69.2 Å². The van der Waals surface area contributed by atoms with Gasteiger partial charge in [-0.3, -0.25) is 19.6 Å². The summed E-state index contributed by atoms with van der Waals surface area (Å²) >= 11 is 0. The molecule has 0 bridgehead atoms. The van der Waals surface area contributed by atoms with Gasteiger partial charge in [0.15, 0.2) is 23.7 Å². The molecule has 6 radical (unpaired) electrons. The molecule has 4 atom stereocenters. The van der Waals surface area contributed by atoms with Crippen LogP contribution in [0.5, 0.6) is 0 Å². The van der Waals surface area contributed by atoms with E-state index in [1.54, 1.807) is 0 Å². The maximum Gasteiger partial charge on any atom is 0.525 e. The number of carbonyl (C=O) groups excluding carboxylic acids is 2. The lowest BCUT2D eigenvalue weighted by molar-refractivity contribution is -0.148. The lowest BCUT2D eigenvalue weighted by Crippen LogP contribution is -2.31. The van der Waals surface area contributed by atoms with Gasteiger partial charge in [-0.2, -0.15) is 0 Å². The smallest absolute Gasteiger partial charge is 0.505 e. The third kappa shape index (κ3) is 12.7. The maximum absolute atomic E-state index is 11.0. The Balaban J connectivity index is -0.000000256. The zero-order valence-electron chi connectivity index (χ0n) is 18.0. The van der Waals surface area contributed by atoms with Gasteiger partial charge in [0.05, 0.1) is 13.2 Å². The van der Waals surface area contributed by atoms with E-state index in [1.807, 2.05) is 0 Å². The largest absolute Gasteiger partial charge is 0.525 e. The maximum atomic E-state index is 11.0. The summed E-state index contributed by atoms with van der Waals surface area (Å²) in [4.78, 5) is 55.7. The van der Waals surface area contributed by atoms with Crippen LogP contribution in [-0.4, -0.2) is 174 Å². The second-order valence-electron chi connectivity index (χ2n) is 5.74. The highest BCUT2D eigenvalue weighted by molar-refractivity contribution is 7.46. The van der Waals surface area contributed by atoms with Crippen LogP contribution in [0.15, 0.2) is 23.0 Å². The molecule has 0 fully saturated rings. The van der Waals surface area contributed by atoms with Crippen molar-refractivity contribution in [3.8, 4) is 0 Å². The highest BCUT2D eigenvalue weighted by Crippen LogP contribution is 2.43. The number of hydrogen-bond donors (Lipinski definition) is 10. The zero-order valence-corrected chi connectivity index (χ0v) is 24.0. The van der Waals surface area contributed by atoms with Crippen LogP contribution in [0.3, 0.4) is 0 Å². The normalized spacial score (nSPS) is 20.7. The quantitative estimate of drug-likeness (QED) is 0.0702. The number of hydrogen-bond acceptors (Lipinski definition) is 14. The molecule has 198 valence electrons. The number of cyclic esters (lactones) is 2. The van der Waals surface area contributed by atoms with Crippen LogP contribution in [0.25, 0.3) is 0 Å². The summed E-state index contributed by atoms with van der Waals surface area (Å²) in [6.45, 7) is -1.63. The number of aliphatic hydroxyl groups is 6. The Morgan fingerprint density at radius 1 is 0.722 bits per heavy atom. The first-order valence-corrected chi connectivity index (χ1v) is 10.9. The second kappa shape index (κ2) is 17.6. The van der Waals surface area contributed by atoms with Crippen LogP contribution in [0.4, 0.5) is 0 Å². The first-order chi connectivity index (χ1) is 14.5. The van der Waals surface area contributed by atoms with Crippen molar-refractivity contribution in [1.29, 1.82) is 0 Å². The molecule has 0 aromatic heterocycles. The predicted molar refractivity (Wildman–Crippen MR) is 112 cm³/mol. The molecule has 0 saturated heterocycles. The van der Waals surface area contributed by atoms with E-state index in [0.29, 0.717) is 0 Å². The summed E-state index contributed by atoms with van der Waals surface area (Å²) in [6.07, 6.45) is -6.42. The summed E-state index contributed by atoms with van der Waals surface area (Å²) in [7, 11) is -10.0. The second-order valence-corrected chi connectivity index (χ2v) is 8.07. The molecule has 12 N–H and O–H groups in total. The topological polar surface area (TPSA) is 339 Å². The molecule has 0 aromatic carbocycles. The van der Waals surface area contributed by atoms with Crippen LogP contribution in [0.2, 0.25) is 0 Å². The van der Waals surface area contributed by atoms with Crippen molar-refractivity contribution in [2.24, 2.45) is 0 Å². The molecule has 36 heavy (non-hydrogen) atoms. The van der Waals surface area contributed by atoms with Crippen molar-refractivity contribution in [3.05, 3.63) is 23.0 Å². The fourth-order valence-electron chi connectivity index (χ4n) is 2.04. The van der Waals surface area contributed by atoms with Crippen molar-refractivity contribution < 1.29 is 92.9 Å². The van der Waals surface area contributed by atoms with Crippen LogP contribution in [0, 0.1) is 0 Å². The SMILES string of the molecule is O.O=C1O[C@H]([C@@H](O)CO)C(O)=C1OP(=O)(O)O.O=C1O[C@H]([C@@H](O)CO)C(O)=C1OP(=O)(O)O.[Mg].[Mg].[Mg]. The van der Waals surface area contributed by atoms with Crippen molar-refractivity contribution in [2.45, 2.75) is 24.4 Å². The van der Waals surface area contributed by atoms with E-state index in [0.717, 1.165) is 0 Å². The van der Waals surface area contributed by atoms with Crippen LogP contribution in [0.1, 0.15) is 0 Å². The third-order valence-electron chi connectivity index (χ3n) is 3.34. The first kappa shape index (κ1) is 43.1. The highest BCUT2D eigenvalue weighted by Gasteiger charge is 2.43. The lowest BCUT2D eigenvalue weighted by atomic mass is 10.2. The Morgan fingerprint density at radius 2 is 0.972 bits per heavy atom. The molecule has 24 heteroatoms. The van der Waals surface area contributed by atoms with Gasteiger partial charge in [-0.15, -0.1) is 0 Å². The molecule has 2 aliphatic heterocycles. The summed E-state index contributed by atoms with van der Waals surface area (Å²) in [5.74, 6) is -6.78. The van der Waals surface area contributed by atoms with E-state index in [-0.39, 0.29) is 74.6 Å². The van der Waals surface area contributed by atoms with Gasteiger partial charge in [0.1, 0.15) is 12.2 Å². The molecule has 2 heterocycles. The Morgan fingerprint density at radius 3 is 1.17 bits per heavy atom. The Bertz CT molecular complexity index is 824.